The molecule has 6 nitrogen and oxygen atoms in total. The normalized spacial score (nSPS) is 18.3. The minimum atomic E-state index is -5.74. The molecule has 1 atom stereocenters. The molecule has 1 saturated heterocycles. The molecule has 36 heavy (non-hydrogen) atoms. The molecule has 0 N–H and O–H groups in total. The first kappa shape index (κ1) is 28.3. The average Bonchev–Trinajstić information content (AvgIpc) is 3.14. The van der Waals surface area contributed by atoms with Gasteiger partial charge in [0, 0.05) is 5.41 Å². The van der Waals surface area contributed by atoms with Crippen molar-refractivity contribution in [2.75, 3.05) is 13.2 Å². The highest BCUT2D eigenvalue weighted by Gasteiger charge is 2.48. The Morgan fingerprint density at radius 1 is 0.972 bits per heavy atom. The molecule has 3 rings (SSSR count). The van der Waals surface area contributed by atoms with Crippen molar-refractivity contribution >= 4 is 10.1 Å². The fourth-order valence-corrected chi connectivity index (χ4v) is 5.09. The van der Waals surface area contributed by atoms with Gasteiger partial charge in [0.25, 0.3) is 0 Å². The van der Waals surface area contributed by atoms with Crippen molar-refractivity contribution in [1.82, 2.24) is 0 Å². The Hall–Kier alpha value is -2.30. The molecule has 10 heteroatoms. The van der Waals surface area contributed by atoms with Crippen LogP contribution in [0.4, 0.5) is 13.2 Å². The maximum Gasteiger partial charge on any atom is 0.534 e. The predicted octanol–water partition coefficient (Wildman–Crippen LogP) is 6.17. The Kier molecular flexibility index (Phi) is 8.03. The van der Waals surface area contributed by atoms with Crippen LogP contribution in [0.3, 0.4) is 0 Å². The number of aryl methyl sites for hydroxylation is 2. The third-order valence-electron chi connectivity index (χ3n) is 6.64. The summed E-state index contributed by atoms with van der Waals surface area (Å²) in [6.45, 7) is 12.1. The Labute approximate surface area is 210 Å². The van der Waals surface area contributed by atoms with E-state index >= 15 is 0 Å². The van der Waals surface area contributed by atoms with Gasteiger partial charge in [-0.25, -0.2) is 0 Å². The predicted molar refractivity (Wildman–Crippen MR) is 130 cm³/mol. The number of benzene rings is 2. The van der Waals surface area contributed by atoms with Crippen molar-refractivity contribution in [3.05, 3.63) is 58.7 Å². The first-order valence-electron chi connectivity index (χ1n) is 11.8. The Morgan fingerprint density at radius 2 is 1.50 bits per heavy atom. The minimum Gasteiger partial charge on any atom is -0.491 e. The monoisotopic (exact) mass is 530 g/mol. The summed E-state index contributed by atoms with van der Waals surface area (Å²) in [5, 5.41) is 0. The van der Waals surface area contributed by atoms with Crippen molar-refractivity contribution in [3.63, 3.8) is 0 Å². The molecule has 0 aromatic heterocycles. The maximum absolute atomic E-state index is 12.8. The lowest BCUT2D eigenvalue weighted by Crippen LogP contribution is -2.29. The largest absolute Gasteiger partial charge is 0.534 e. The molecule has 0 radical (unpaired) electrons. The van der Waals surface area contributed by atoms with Crippen LogP contribution >= 0.6 is 0 Å². The molecule has 0 spiro atoms. The van der Waals surface area contributed by atoms with Gasteiger partial charge in [0.1, 0.15) is 24.2 Å². The van der Waals surface area contributed by atoms with Gasteiger partial charge in [-0.2, -0.15) is 21.6 Å². The summed E-state index contributed by atoms with van der Waals surface area (Å²) in [5.41, 5.74) is -2.83. The van der Waals surface area contributed by atoms with E-state index < -0.39 is 26.8 Å². The van der Waals surface area contributed by atoms with Gasteiger partial charge in [-0.05, 0) is 74.9 Å². The number of rotatable bonds is 9. The fraction of sp³-hybridized carbons (Fsp3) is 0.538. The summed E-state index contributed by atoms with van der Waals surface area (Å²) in [6.07, 6.45) is 1.27. The SMILES string of the molecule is CCC(CC)(c1ccc(OCC2COC(C)(C)O2)c(C)c1)c1ccc(OS(=O)(=O)C(F)(F)F)c(C)c1. The number of hydrogen-bond donors (Lipinski definition) is 0. The van der Waals surface area contributed by atoms with Gasteiger partial charge in [-0.15, -0.1) is 0 Å². The Bertz CT molecular complexity index is 1190. The zero-order chi connectivity index (χ0) is 26.9. The van der Waals surface area contributed by atoms with Crippen LogP contribution in [0.5, 0.6) is 11.5 Å². The highest BCUT2D eigenvalue weighted by atomic mass is 32.2. The molecule has 0 saturated carbocycles. The zero-order valence-corrected chi connectivity index (χ0v) is 22.2. The van der Waals surface area contributed by atoms with Gasteiger partial charge >= 0.3 is 15.6 Å². The van der Waals surface area contributed by atoms with Crippen LogP contribution in [0, 0.1) is 13.8 Å². The standard InChI is InChI=1S/C26H33F3O6S/c1-7-25(8-2,20-10-12-23(18(4)14-20)35-36(30,31)26(27,28)29)19-9-11-22(17(3)13-19)32-15-21-16-33-24(5,6)34-21/h9-14,21H,7-8,15-16H2,1-6H3. The van der Waals surface area contributed by atoms with E-state index in [4.69, 9.17) is 14.2 Å². The first-order valence-corrected chi connectivity index (χ1v) is 13.2. The summed E-state index contributed by atoms with van der Waals surface area (Å²) >= 11 is 0. The highest BCUT2D eigenvalue weighted by Crippen LogP contribution is 2.42. The second-order valence-corrected chi connectivity index (χ2v) is 11.0. The number of hydrogen-bond acceptors (Lipinski definition) is 6. The molecule has 1 fully saturated rings. The zero-order valence-electron chi connectivity index (χ0n) is 21.4. The molecule has 1 heterocycles. The van der Waals surface area contributed by atoms with E-state index in [0.29, 0.717) is 31.6 Å². The van der Waals surface area contributed by atoms with Crippen molar-refractivity contribution < 1.29 is 40.0 Å². The van der Waals surface area contributed by atoms with Gasteiger partial charge in [-0.1, -0.05) is 38.1 Å². The summed E-state index contributed by atoms with van der Waals surface area (Å²) in [5.74, 6) is -0.242. The number of alkyl halides is 3. The van der Waals surface area contributed by atoms with Crippen LogP contribution in [-0.4, -0.2) is 39.0 Å². The summed E-state index contributed by atoms with van der Waals surface area (Å²) in [7, 11) is -5.74. The molecule has 2 aromatic carbocycles. The lowest BCUT2D eigenvalue weighted by atomic mass is 9.70. The van der Waals surface area contributed by atoms with E-state index in [-0.39, 0.29) is 11.9 Å². The molecule has 200 valence electrons. The number of halogens is 3. The van der Waals surface area contributed by atoms with Crippen LogP contribution in [0.25, 0.3) is 0 Å². The van der Waals surface area contributed by atoms with E-state index in [2.05, 4.69) is 4.18 Å². The van der Waals surface area contributed by atoms with Gasteiger partial charge < -0.3 is 18.4 Å². The van der Waals surface area contributed by atoms with Gasteiger partial charge in [0.2, 0.25) is 0 Å². The van der Waals surface area contributed by atoms with Crippen molar-refractivity contribution in [1.29, 1.82) is 0 Å². The smallest absolute Gasteiger partial charge is 0.491 e. The molecule has 1 aliphatic rings. The molecule has 0 aliphatic carbocycles. The molecular weight excluding hydrogens is 497 g/mol. The van der Waals surface area contributed by atoms with E-state index in [9.17, 15) is 21.6 Å². The lowest BCUT2D eigenvalue weighted by Gasteiger charge is -2.34. The molecule has 1 aliphatic heterocycles. The Morgan fingerprint density at radius 3 is 1.92 bits per heavy atom. The first-order chi connectivity index (χ1) is 16.6. The third kappa shape index (κ3) is 5.81. The van der Waals surface area contributed by atoms with E-state index in [1.807, 2.05) is 52.8 Å². The number of ether oxygens (including phenoxy) is 3. The van der Waals surface area contributed by atoms with Crippen LogP contribution < -0.4 is 8.92 Å². The maximum atomic E-state index is 12.8. The second kappa shape index (κ2) is 10.2. The van der Waals surface area contributed by atoms with Crippen LogP contribution in [0.15, 0.2) is 36.4 Å². The van der Waals surface area contributed by atoms with Crippen LogP contribution in [0.1, 0.15) is 62.8 Å². The van der Waals surface area contributed by atoms with Gasteiger partial charge in [-0.3, -0.25) is 0 Å². The third-order valence-corrected chi connectivity index (χ3v) is 7.60. The second-order valence-electron chi connectivity index (χ2n) is 9.49. The molecule has 0 amide bonds. The Balaban J connectivity index is 1.86. The highest BCUT2D eigenvalue weighted by molar-refractivity contribution is 7.88. The molecule has 1 unspecified atom stereocenters. The van der Waals surface area contributed by atoms with E-state index in [1.165, 1.54) is 13.0 Å². The average molecular weight is 531 g/mol. The summed E-state index contributed by atoms with van der Waals surface area (Å²) < 4.78 is 82.9. The van der Waals surface area contributed by atoms with E-state index in [0.717, 1.165) is 22.4 Å². The molecule has 0 bridgehead atoms. The van der Waals surface area contributed by atoms with Crippen LogP contribution in [0.2, 0.25) is 0 Å². The van der Waals surface area contributed by atoms with Crippen molar-refractivity contribution in [2.24, 2.45) is 0 Å². The summed E-state index contributed by atoms with van der Waals surface area (Å²) in [6, 6.07) is 10.5. The minimum absolute atomic E-state index is 0.158. The van der Waals surface area contributed by atoms with Gasteiger partial charge in [0.15, 0.2) is 5.79 Å². The topological polar surface area (TPSA) is 71.1 Å². The molecular formula is C26H33F3O6S. The van der Waals surface area contributed by atoms with Crippen LogP contribution in [-0.2, 0) is 25.0 Å². The van der Waals surface area contributed by atoms with Crippen molar-refractivity contribution in [3.8, 4) is 11.5 Å². The van der Waals surface area contributed by atoms with Gasteiger partial charge in [0.05, 0.1) is 6.61 Å². The molecule has 2 aromatic rings. The summed E-state index contributed by atoms with van der Waals surface area (Å²) in [4.78, 5) is 0. The van der Waals surface area contributed by atoms with E-state index in [1.54, 1.807) is 12.1 Å². The van der Waals surface area contributed by atoms with Crippen molar-refractivity contribution in [2.45, 2.75) is 77.2 Å². The lowest BCUT2D eigenvalue weighted by molar-refractivity contribution is -0.141. The quantitative estimate of drug-likeness (QED) is 0.285. The fourth-order valence-electron chi connectivity index (χ4n) is 4.58.